The molecule has 0 fully saturated rings. The van der Waals surface area contributed by atoms with E-state index in [2.05, 4.69) is 10.5 Å². The molecular weight excluding hydrogens is 280 g/mol. The minimum atomic E-state index is -0.718. The number of amides is 1. The van der Waals surface area contributed by atoms with Crippen molar-refractivity contribution in [2.45, 2.75) is 13.0 Å². The van der Waals surface area contributed by atoms with Crippen molar-refractivity contribution in [3.8, 4) is 5.75 Å². The minimum Gasteiger partial charge on any atom is -0.495 e. The summed E-state index contributed by atoms with van der Waals surface area (Å²) in [6.07, 6.45) is 0.845. The Balaban J connectivity index is 1.91. The van der Waals surface area contributed by atoms with Gasteiger partial charge in [0.25, 0.3) is 5.91 Å². The lowest BCUT2D eigenvalue weighted by molar-refractivity contribution is -0.126. The highest BCUT2D eigenvalue weighted by Crippen LogP contribution is 2.23. The number of methoxy groups -OCH3 is 1. The Morgan fingerprint density at radius 1 is 1.14 bits per heavy atom. The number of hydrogen-bond donors (Lipinski definition) is 1. The molecule has 0 saturated carbocycles. The molecule has 0 aliphatic rings. The van der Waals surface area contributed by atoms with Gasteiger partial charge >= 0.3 is 0 Å². The lowest BCUT2D eigenvalue weighted by Gasteiger charge is -2.12. The predicted molar refractivity (Wildman–Crippen MR) is 86.2 cm³/mol. The third-order valence-electron chi connectivity index (χ3n) is 2.95. The number of carbonyl (C=O) groups excluding carboxylic acids is 1. The fraction of sp³-hybridized carbons (Fsp3) is 0.176. The zero-order valence-electron chi connectivity index (χ0n) is 12.5. The first kappa shape index (κ1) is 15.6. The number of nitrogens with zero attached hydrogens (tertiary/aromatic N) is 1. The lowest BCUT2D eigenvalue weighted by Crippen LogP contribution is -2.26. The van der Waals surface area contributed by atoms with Gasteiger partial charge in [0, 0.05) is 0 Å². The van der Waals surface area contributed by atoms with Crippen LogP contribution < -0.4 is 10.1 Å². The number of para-hydroxylation sites is 2. The second-order valence-corrected chi connectivity index (χ2v) is 4.58. The zero-order valence-corrected chi connectivity index (χ0v) is 12.5. The molecule has 0 saturated heterocycles. The van der Waals surface area contributed by atoms with E-state index in [1.807, 2.05) is 42.5 Å². The van der Waals surface area contributed by atoms with Crippen LogP contribution in [0.15, 0.2) is 59.8 Å². The van der Waals surface area contributed by atoms with Crippen LogP contribution in [0, 0.1) is 0 Å². The Kier molecular flexibility index (Phi) is 5.54. The summed E-state index contributed by atoms with van der Waals surface area (Å²) in [6, 6.07) is 16.7. The molecule has 5 nitrogen and oxygen atoms in total. The maximum absolute atomic E-state index is 12.1. The van der Waals surface area contributed by atoms with Crippen LogP contribution in [0.5, 0.6) is 5.75 Å². The van der Waals surface area contributed by atoms with E-state index < -0.39 is 6.10 Å². The summed E-state index contributed by atoms with van der Waals surface area (Å²) in [5, 5.41) is 6.58. The average molecular weight is 298 g/mol. The van der Waals surface area contributed by atoms with Gasteiger partial charge in [0.2, 0.25) is 6.10 Å². The highest BCUT2D eigenvalue weighted by atomic mass is 16.6. The molecule has 0 bridgehead atoms. The molecule has 114 valence electrons. The van der Waals surface area contributed by atoms with Gasteiger partial charge in [-0.3, -0.25) is 4.79 Å². The molecule has 1 N–H and O–H groups in total. The Morgan fingerprint density at radius 2 is 1.82 bits per heavy atom. The number of oxime groups is 1. The smallest absolute Gasteiger partial charge is 0.268 e. The largest absolute Gasteiger partial charge is 0.495 e. The standard InChI is InChI=1S/C17H18N2O3/c1-13(22-18-12-14-8-4-3-5-9-14)17(20)19-15-10-6-7-11-16(15)21-2/h3-13H,1-2H3,(H,19,20)/b18-12+. The summed E-state index contributed by atoms with van der Waals surface area (Å²) in [6.45, 7) is 1.63. The third-order valence-corrected chi connectivity index (χ3v) is 2.95. The summed E-state index contributed by atoms with van der Waals surface area (Å²) in [4.78, 5) is 17.2. The first-order valence-corrected chi connectivity index (χ1v) is 6.89. The van der Waals surface area contributed by atoms with Gasteiger partial charge in [-0.2, -0.15) is 0 Å². The molecule has 1 amide bonds. The van der Waals surface area contributed by atoms with Gasteiger partial charge in [-0.05, 0) is 24.6 Å². The van der Waals surface area contributed by atoms with E-state index in [0.717, 1.165) is 5.56 Å². The van der Waals surface area contributed by atoms with Gasteiger partial charge in [-0.15, -0.1) is 0 Å². The number of carbonyl (C=O) groups is 1. The van der Waals surface area contributed by atoms with Crippen molar-refractivity contribution in [2.24, 2.45) is 5.16 Å². The lowest BCUT2D eigenvalue weighted by atomic mass is 10.2. The zero-order chi connectivity index (χ0) is 15.8. The van der Waals surface area contributed by atoms with E-state index in [1.165, 1.54) is 0 Å². The van der Waals surface area contributed by atoms with Gasteiger partial charge in [-0.25, -0.2) is 0 Å². The molecule has 2 aromatic rings. The Labute approximate surface area is 129 Å². The maximum Gasteiger partial charge on any atom is 0.268 e. The Bertz CT molecular complexity index is 641. The summed E-state index contributed by atoms with van der Waals surface area (Å²) in [5.41, 5.74) is 1.50. The first-order valence-electron chi connectivity index (χ1n) is 6.89. The van der Waals surface area contributed by atoms with Gasteiger partial charge < -0.3 is 14.9 Å². The normalized spacial score (nSPS) is 11.9. The van der Waals surface area contributed by atoms with Crippen molar-refractivity contribution >= 4 is 17.8 Å². The number of hydrogen-bond acceptors (Lipinski definition) is 4. The maximum atomic E-state index is 12.1. The molecule has 0 spiro atoms. The molecule has 0 aliphatic carbocycles. The van der Waals surface area contributed by atoms with E-state index in [-0.39, 0.29) is 5.91 Å². The van der Waals surface area contributed by atoms with Gasteiger partial charge in [0.1, 0.15) is 5.75 Å². The molecule has 22 heavy (non-hydrogen) atoms. The van der Waals surface area contributed by atoms with E-state index >= 15 is 0 Å². The SMILES string of the molecule is COc1ccccc1NC(=O)C(C)O/N=C/c1ccccc1. The monoisotopic (exact) mass is 298 g/mol. The number of ether oxygens (including phenoxy) is 1. The minimum absolute atomic E-state index is 0.297. The number of rotatable bonds is 6. The van der Waals surface area contributed by atoms with Crippen molar-refractivity contribution in [1.29, 1.82) is 0 Å². The first-order chi connectivity index (χ1) is 10.7. The Morgan fingerprint density at radius 3 is 2.55 bits per heavy atom. The molecule has 2 rings (SSSR count). The summed E-state index contributed by atoms with van der Waals surface area (Å²) in [5.74, 6) is 0.297. The molecule has 0 aromatic heterocycles. The molecular formula is C17H18N2O3. The Hall–Kier alpha value is -2.82. The second kappa shape index (κ2) is 7.83. The van der Waals surface area contributed by atoms with Crippen LogP contribution in [0.1, 0.15) is 12.5 Å². The van der Waals surface area contributed by atoms with Crippen LogP contribution in [0.25, 0.3) is 0 Å². The quantitative estimate of drug-likeness (QED) is 0.658. The summed E-state index contributed by atoms with van der Waals surface area (Å²) >= 11 is 0. The number of anilines is 1. The topological polar surface area (TPSA) is 59.9 Å². The fourth-order valence-electron chi connectivity index (χ4n) is 1.75. The highest BCUT2D eigenvalue weighted by Gasteiger charge is 2.15. The van der Waals surface area contributed by atoms with Crippen molar-refractivity contribution in [1.82, 2.24) is 0 Å². The van der Waals surface area contributed by atoms with Crippen LogP contribution in [-0.2, 0) is 9.63 Å². The van der Waals surface area contributed by atoms with Crippen molar-refractivity contribution in [3.05, 3.63) is 60.2 Å². The van der Waals surface area contributed by atoms with Crippen molar-refractivity contribution in [2.75, 3.05) is 12.4 Å². The van der Waals surface area contributed by atoms with Gasteiger partial charge in [0.15, 0.2) is 0 Å². The molecule has 1 atom stereocenters. The van der Waals surface area contributed by atoms with Crippen LogP contribution in [0.3, 0.4) is 0 Å². The summed E-state index contributed by atoms with van der Waals surface area (Å²) in [7, 11) is 1.55. The number of benzene rings is 2. The average Bonchev–Trinajstić information content (AvgIpc) is 2.56. The molecule has 5 heteroatoms. The fourth-order valence-corrected chi connectivity index (χ4v) is 1.75. The predicted octanol–water partition coefficient (Wildman–Crippen LogP) is 3.07. The van der Waals surface area contributed by atoms with E-state index in [4.69, 9.17) is 9.57 Å². The van der Waals surface area contributed by atoms with E-state index in [1.54, 1.807) is 32.4 Å². The van der Waals surface area contributed by atoms with Crippen LogP contribution in [0.2, 0.25) is 0 Å². The van der Waals surface area contributed by atoms with Crippen LogP contribution in [-0.4, -0.2) is 25.3 Å². The highest BCUT2D eigenvalue weighted by molar-refractivity contribution is 5.95. The number of nitrogens with one attached hydrogen (secondary N) is 1. The molecule has 2 aromatic carbocycles. The second-order valence-electron chi connectivity index (χ2n) is 4.58. The third kappa shape index (κ3) is 4.34. The molecule has 1 unspecified atom stereocenters. The van der Waals surface area contributed by atoms with Crippen LogP contribution in [0.4, 0.5) is 5.69 Å². The van der Waals surface area contributed by atoms with Crippen molar-refractivity contribution in [3.63, 3.8) is 0 Å². The summed E-state index contributed by atoms with van der Waals surface area (Å²) < 4.78 is 5.18. The molecule has 0 heterocycles. The van der Waals surface area contributed by atoms with Crippen molar-refractivity contribution < 1.29 is 14.4 Å². The van der Waals surface area contributed by atoms with Crippen LogP contribution >= 0.6 is 0 Å². The molecule has 0 radical (unpaired) electrons. The van der Waals surface area contributed by atoms with E-state index in [0.29, 0.717) is 11.4 Å². The molecule has 0 aliphatic heterocycles. The van der Waals surface area contributed by atoms with Gasteiger partial charge in [0.05, 0.1) is 19.0 Å². The van der Waals surface area contributed by atoms with E-state index in [9.17, 15) is 4.79 Å². The van der Waals surface area contributed by atoms with Gasteiger partial charge in [-0.1, -0.05) is 47.6 Å².